The van der Waals surface area contributed by atoms with Gasteiger partial charge in [-0.25, -0.2) is 0 Å². The number of nitriles is 1. The Labute approximate surface area is 224 Å². The van der Waals surface area contributed by atoms with Gasteiger partial charge in [-0.1, -0.05) is 6.92 Å². The summed E-state index contributed by atoms with van der Waals surface area (Å²) < 4.78 is 31.7. The van der Waals surface area contributed by atoms with Crippen LogP contribution in [0, 0.1) is 11.3 Å². The zero-order valence-electron chi connectivity index (χ0n) is 21.4. The number of halogens is 1. The molecule has 12 heteroatoms. The van der Waals surface area contributed by atoms with E-state index >= 15 is 0 Å². The van der Waals surface area contributed by atoms with Crippen molar-refractivity contribution in [1.82, 2.24) is 3.11 Å². The fourth-order valence-electron chi connectivity index (χ4n) is 4.94. The molecule has 0 aromatic carbocycles. The Hall–Kier alpha value is 0.500. The maximum atomic E-state index is 9.62. The summed E-state index contributed by atoms with van der Waals surface area (Å²) >= 11 is -0.231. The molecule has 0 aromatic heterocycles. The number of ether oxygens (including phenoxy) is 4. The molecule has 0 spiro atoms. The summed E-state index contributed by atoms with van der Waals surface area (Å²) in [6, 6.07) is 1.44. The summed E-state index contributed by atoms with van der Waals surface area (Å²) in [5.41, 5.74) is -0.897. The van der Waals surface area contributed by atoms with Crippen LogP contribution in [-0.2, 0) is 23.5 Å². The molecular weight excluding hydrogens is 580 g/mol. The zero-order chi connectivity index (χ0) is 25.6. The van der Waals surface area contributed by atoms with Gasteiger partial charge in [0.1, 0.15) is 25.7 Å². The molecular formula is C23H39B2IN2O6P-. The molecule has 0 aromatic rings. The Morgan fingerprint density at radius 2 is 1.60 bits per heavy atom. The molecule has 4 saturated heterocycles. The molecule has 4 bridgehead atoms. The summed E-state index contributed by atoms with van der Waals surface area (Å²) in [5.74, 6) is -0.612. The van der Waals surface area contributed by atoms with E-state index < -0.39 is 29.5 Å². The number of hydrogen-bond donors (Lipinski definition) is 1. The van der Waals surface area contributed by atoms with E-state index in [2.05, 4.69) is 30.0 Å². The van der Waals surface area contributed by atoms with Gasteiger partial charge in [-0.2, -0.15) is 0 Å². The molecule has 196 valence electrons. The molecule has 4 fully saturated rings. The monoisotopic (exact) mass is 619 g/mol. The average molecular weight is 619 g/mol. The number of nitrogens with zero attached hydrogens (tertiary/aromatic N) is 2. The van der Waals surface area contributed by atoms with E-state index in [1.165, 1.54) is 0 Å². The van der Waals surface area contributed by atoms with Crippen LogP contribution in [0.4, 0.5) is 0 Å². The molecule has 8 nitrogen and oxygen atoms in total. The molecule has 9 atom stereocenters. The van der Waals surface area contributed by atoms with Gasteiger partial charge in [-0.15, -0.1) is 0 Å². The van der Waals surface area contributed by atoms with Crippen molar-refractivity contribution in [2.75, 3.05) is 32.5 Å². The molecule has 1 unspecified atom stereocenters. The molecule has 0 saturated carbocycles. The van der Waals surface area contributed by atoms with Crippen molar-refractivity contribution in [2.24, 2.45) is 0 Å². The van der Waals surface area contributed by atoms with Gasteiger partial charge in [0.25, 0.3) is 0 Å². The SMILES string of the molecule is [B][C@@H]1O[C@@]2(CC)CO[C@@H]1[C@@H]2O.[B][C@@H]1O[C@@]2(CC)CO[C@@H]1[C@@H]2OP(CCC#N)[I-]N(CCC)CCC. The molecule has 4 aliphatic rings. The van der Waals surface area contributed by atoms with Crippen LogP contribution in [0.3, 0.4) is 0 Å². The summed E-state index contributed by atoms with van der Waals surface area (Å²) in [5, 5.41) is 18.6. The van der Waals surface area contributed by atoms with Crippen LogP contribution in [0.5, 0.6) is 0 Å². The Kier molecular flexibility index (Phi) is 11.6. The first-order valence-corrected chi connectivity index (χ1v) is 18.0. The predicted octanol–water partition coefficient (Wildman–Crippen LogP) is -0.785. The Morgan fingerprint density at radius 3 is 2.06 bits per heavy atom. The van der Waals surface area contributed by atoms with E-state index in [1.807, 2.05) is 6.92 Å². The van der Waals surface area contributed by atoms with Crippen LogP contribution in [-0.4, -0.2) is 104 Å². The van der Waals surface area contributed by atoms with Crippen LogP contribution < -0.4 is 20.9 Å². The van der Waals surface area contributed by atoms with Crippen molar-refractivity contribution in [2.45, 2.75) is 107 Å². The van der Waals surface area contributed by atoms with E-state index in [1.54, 1.807) is 0 Å². The maximum absolute atomic E-state index is 9.62. The fourth-order valence-corrected chi connectivity index (χ4v) is 13.1. The van der Waals surface area contributed by atoms with Crippen molar-refractivity contribution in [3.8, 4) is 6.07 Å². The minimum atomic E-state index is -0.612. The van der Waals surface area contributed by atoms with Crippen molar-refractivity contribution in [1.29, 1.82) is 5.26 Å². The van der Waals surface area contributed by atoms with Gasteiger partial charge in [-0.05, 0) is 6.42 Å². The first-order valence-electron chi connectivity index (χ1n) is 12.8. The van der Waals surface area contributed by atoms with Gasteiger partial charge in [0, 0.05) is 6.00 Å². The standard InChI is InChI=1S/C16H28BIN2O3P.C7H11BO3/c1-4-9-20(10-5-2)18-24(11-7-8-19)23-14-13-15(17)22-16(14,6-3)12-21-13;1-2-7-3-10-4(5(7)9)6(8)11-7/h13-15H,4-7,9-12H2,1-3H3;4-6,9H,2-3H2,1H3/q-1;/t13-,14+,15-,16+,24?;4-,5+,6-,7+/m11/s1. The number of aliphatic hydroxyl groups excluding tert-OH is 1. The van der Waals surface area contributed by atoms with Crippen molar-refractivity contribution < 1.29 is 49.5 Å². The molecule has 4 aliphatic heterocycles. The Balaban J connectivity index is 0.000000256. The first kappa shape index (κ1) is 30.0. The van der Waals surface area contributed by atoms with Gasteiger partial charge in [0.05, 0.1) is 6.61 Å². The van der Waals surface area contributed by atoms with Crippen LogP contribution in [0.15, 0.2) is 0 Å². The zero-order valence-corrected chi connectivity index (χ0v) is 24.4. The van der Waals surface area contributed by atoms with Gasteiger partial charge < -0.3 is 14.6 Å². The average Bonchev–Trinajstić information content (AvgIpc) is 3.51. The Bertz CT molecular complexity index is 720. The number of aliphatic hydroxyl groups is 1. The van der Waals surface area contributed by atoms with Gasteiger partial charge in [0.15, 0.2) is 0 Å². The third-order valence-corrected chi connectivity index (χ3v) is 14.8. The number of fused-ring (bicyclic) bond motifs is 4. The molecule has 4 radical (unpaired) electrons. The summed E-state index contributed by atoms with van der Waals surface area (Å²) in [7, 11) is 11.6. The second-order valence-electron chi connectivity index (χ2n) is 9.46. The summed E-state index contributed by atoms with van der Waals surface area (Å²) in [4.78, 5) is 0. The van der Waals surface area contributed by atoms with Gasteiger partial charge in [0.2, 0.25) is 0 Å². The fraction of sp³-hybridized carbons (Fsp3) is 0.957. The van der Waals surface area contributed by atoms with E-state index in [9.17, 15) is 5.11 Å². The van der Waals surface area contributed by atoms with Crippen LogP contribution >= 0.6 is 5.79 Å². The second kappa shape index (κ2) is 13.5. The molecule has 35 heavy (non-hydrogen) atoms. The van der Waals surface area contributed by atoms with E-state index in [0.717, 1.165) is 44.9 Å². The van der Waals surface area contributed by atoms with Crippen molar-refractivity contribution in [3.05, 3.63) is 0 Å². The third kappa shape index (κ3) is 6.57. The van der Waals surface area contributed by atoms with Crippen molar-refractivity contribution >= 4 is 21.5 Å². The normalized spacial score (nSPS) is 40.1. The van der Waals surface area contributed by atoms with Crippen LogP contribution in [0.1, 0.15) is 59.8 Å². The van der Waals surface area contributed by atoms with Gasteiger partial charge >= 0.3 is 159 Å². The summed E-state index contributed by atoms with van der Waals surface area (Å²) in [6.45, 7) is 11.8. The van der Waals surface area contributed by atoms with E-state index in [0.29, 0.717) is 19.6 Å². The van der Waals surface area contributed by atoms with E-state index in [4.69, 9.17) is 44.4 Å². The van der Waals surface area contributed by atoms with Crippen molar-refractivity contribution in [3.63, 3.8) is 0 Å². The number of rotatable bonds is 12. The third-order valence-electron chi connectivity index (χ3n) is 7.04. The molecule has 4 heterocycles. The number of hydrogen-bond acceptors (Lipinski definition) is 8. The van der Waals surface area contributed by atoms with Crippen LogP contribution in [0.2, 0.25) is 0 Å². The summed E-state index contributed by atoms with van der Waals surface area (Å²) in [6.07, 6.45) is 4.22. The molecule has 0 amide bonds. The molecule has 1 N–H and O–H groups in total. The predicted molar refractivity (Wildman–Crippen MR) is 132 cm³/mol. The van der Waals surface area contributed by atoms with Crippen LogP contribution in [0.25, 0.3) is 0 Å². The van der Waals surface area contributed by atoms with Gasteiger partial charge in [-0.3, -0.25) is 0 Å². The van der Waals surface area contributed by atoms with E-state index in [-0.39, 0.29) is 44.8 Å². The topological polar surface area (TPSA) is 93.4 Å². The Morgan fingerprint density at radius 1 is 1.03 bits per heavy atom. The molecule has 0 aliphatic carbocycles. The first-order chi connectivity index (χ1) is 16.8. The molecule has 4 rings (SSSR count). The minimum absolute atomic E-state index is 0.0768. The quantitative estimate of drug-likeness (QED) is 0.132. The second-order valence-corrected chi connectivity index (χ2v) is 16.8.